The Kier molecular flexibility index (Phi) is 8.02. The van der Waals surface area contributed by atoms with Crippen LogP contribution in [-0.2, 0) is 17.7 Å². The summed E-state index contributed by atoms with van der Waals surface area (Å²) in [6.45, 7) is 3.02. The highest BCUT2D eigenvalue weighted by Gasteiger charge is 2.15. The van der Waals surface area contributed by atoms with Crippen LogP contribution in [0.25, 0.3) is 0 Å². The molecule has 28 heavy (non-hydrogen) atoms. The predicted molar refractivity (Wildman–Crippen MR) is 110 cm³/mol. The van der Waals surface area contributed by atoms with Crippen molar-refractivity contribution in [2.24, 2.45) is 0 Å². The molecule has 2 N–H and O–H groups in total. The van der Waals surface area contributed by atoms with Crippen LogP contribution in [0.2, 0.25) is 0 Å². The van der Waals surface area contributed by atoms with Crippen LogP contribution in [0.1, 0.15) is 40.0 Å². The van der Waals surface area contributed by atoms with Crippen LogP contribution in [0.4, 0.5) is 4.79 Å². The highest BCUT2D eigenvalue weighted by molar-refractivity contribution is 5.89. The SMILES string of the molecule is CCc1ccc(C(CNC(=O)NCc2ccc(C(=O)OC)cc2)N(C)C)cc1. The van der Waals surface area contributed by atoms with E-state index in [9.17, 15) is 9.59 Å². The smallest absolute Gasteiger partial charge is 0.337 e. The van der Waals surface area contributed by atoms with Crippen LogP contribution in [0.5, 0.6) is 0 Å². The number of carbonyl (C=O) groups excluding carboxylic acids is 2. The van der Waals surface area contributed by atoms with Crippen LogP contribution in [0.3, 0.4) is 0 Å². The largest absolute Gasteiger partial charge is 0.465 e. The first-order valence-corrected chi connectivity index (χ1v) is 9.38. The zero-order valence-electron chi connectivity index (χ0n) is 17.0. The molecule has 2 aromatic rings. The second kappa shape index (κ2) is 10.5. The molecule has 0 aliphatic carbocycles. The Balaban J connectivity index is 1.86. The second-order valence-corrected chi connectivity index (χ2v) is 6.83. The molecule has 2 rings (SSSR count). The molecule has 0 saturated carbocycles. The van der Waals surface area contributed by atoms with E-state index in [-0.39, 0.29) is 18.0 Å². The van der Waals surface area contributed by atoms with Gasteiger partial charge in [0.1, 0.15) is 0 Å². The summed E-state index contributed by atoms with van der Waals surface area (Å²) < 4.78 is 4.67. The molecule has 0 fully saturated rings. The van der Waals surface area contributed by atoms with Crippen LogP contribution >= 0.6 is 0 Å². The van der Waals surface area contributed by atoms with E-state index in [1.54, 1.807) is 24.3 Å². The predicted octanol–water partition coefficient (Wildman–Crippen LogP) is 3.14. The van der Waals surface area contributed by atoms with E-state index >= 15 is 0 Å². The van der Waals surface area contributed by atoms with Crippen LogP contribution < -0.4 is 10.6 Å². The fraction of sp³-hybridized carbons (Fsp3) is 0.364. The summed E-state index contributed by atoms with van der Waals surface area (Å²) in [6, 6.07) is 15.3. The van der Waals surface area contributed by atoms with Crippen molar-refractivity contribution in [1.82, 2.24) is 15.5 Å². The Labute approximate surface area is 166 Å². The standard InChI is InChI=1S/C22H29N3O3/c1-5-16-6-10-18(11-7-16)20(25(2)3)15-24-22(27)23-14-17-8-12-19(13-9-17)21(26)28-4/h6-13,20H,5,14-15H2,1-4H3,(H2,23,24,27). The van der Waals surface area contributed by atoms with Gasteiger partial charge >= 0.3 is 12.0 Å². The molecular formula is C22H29N3O3. The van der Waals surface area contributed by atoms with E-state index in [2.05, 4.69) is 51.5 Å². The molecule has 0 bridgehead atoms. The van der Waals surface area contributed by atoms with Crippen LogP contribution in [-0.4, -0.2) is 44.7 Å². The molecule has 0 heterocycles. The van der Waals surface area contributed by atoms with E-state index in [4.69, 9.17) is 0 Å². The monoisotopic (exact) mass is 383 g/mol. The Hall–Kier alpha value is -2.86. The van der Waals surface area contributed by atoms with E-state index in [0.717, 1.165) is 12.0 Å². The fourth-order valence-corrected chi connectivity index (χ4v) is 2.88. The number of amides is 2. The summed E-state index contributed by atoms with van der Waals surface area (Å²) in [6.07, 6.45) is 1.01. The first-order chi connectivity index (χ1) is 13.4. The van der Waals surface area contributed by atoms with Crippen molar-refractivity contribution in [3.8, 4) is 0 Å². The number of urea groups is 1. The lowest BCUT2D eigenvalue weighted by Crippen LogP contribution is -2.40. The van der Waals surface area contributed by atoms with Gasteiger partial charge in [0.25, 0.3) is 0 Å². The first kappa shape index (κ1) is 21.4. The van der Waals surface area contributed by atoms with E-state index in [1.807, 2.05) is 14.1 Å². The average Bonchev–Trinajstić information content (AvgIpc) is 2.72. The maximum Gasteiger partial charge on any atom is 0.337 e. The average molecular weight is 383 g/mol. The first-order valence-electron chi connectivity index (χ1n) is 9.38. The molecule has 150 valence electrons. The molecular weight excluding hydrogens is 354 g/mol. The molecule has 0 radical (unpaired) electrons. The number of benzene rings is 2. The normalized spacial score (nSPS) is 11.8. The molecule has 0 aromatic heterocycles. The number of likely N-dealkylation sites (N-methyl/N-ethyl adjacent to an activating group) is 1. The minimum atomic E-state index is -0.376. The second-order valence-electron chi connectivity index (χ2n) is 6.83. The van der Waals surface area contributed by atoms with E-state index in [1.165, 1.54) is 18.2 Å². The number of rotatable bonds is 8. The van der Waals surface area contributed by atoms with E-state index in [0.29, 0.717) is 18.7 Å². The molecule has 6 nitrogen and oxygen atoms in total. The lowest BCUT2D eigenvalue weighted by molar-refractivity contribution is 0.0600. The lowest BCUT2D eigenvalue weighted by atomic mass is 10.0. The Morgan fingerprint density at radius 1 is 0.964 bits per heavy atom. The van der Waals surface area contributed by atoms with Crippen molar-refractivity contribution in [3.63, 3.8) is 0 Å². The van der Waals surface area contributed by atoms with Crippen molar-refractivity contribution in [2.45, 2.75) is 25.9 Å². The highest BCUT2D eigenvalue weighted by atomic mass is 16.5. The summed E-state index contributed by atoms with van der Waals surface area (Å²) in [7, 11) is 5.35. The van der Waals surface area contributed by atoms with Crippen molar-refractivity contribution < 1.29 is 14.3 Å². The summed E-state index contributed by atoms with van der Waals surface area (Å²) in [5.74, 6) is -0.376. The molecule has 6 heteroatoms. The third kappa shape index (κ3) is 6.09. The molecule has 1 unspecified atom stereocenters. The van der Waals surface area contributed by atoms with Gasteiger partial charge in [-0.05, 0) is 49.3 Å². The number of ether oxygens (including phenoxy) is 1. The zero-order valence-corrected chi connectivity index (χ0v) is 17.0. The number of nitrogens with zero attached hydrogens (tertiary/aromatic N) is 1. The quantitative estimate of drug-likeness (QED) is 0.687. The lowest BCUT2D eigenvalue weighted by Gasteiger charge is -2.25. The van der Waals surface area contributed by atoms with E-state index < -0.39 is 0 Å². The van der Waals surface area contributed by atoms with Gasteiger partial charge in [0.05, 0.1) is 18.7 Å². The number of esters is 1. The van der Waals surface area contributed by atoms with Crippen LogP contribution in [0.15, 0.2) is 48.5 Å². The summed E-state index contributed by atoms with van der Waals surface area (Å²) in [5, 5.41) is 5.78. The maximum absolute atomic E-state index is 12.2. The molecule has 0 aliphatic heterocycles. The fourth-order valence-electron chi connectivity index (χ4n) is 2.88. The van der Waals surface area contributed by atoms with Gasteiger partial charge < -0.3 is 20.3 Å². The zero-order chi connectivity index (χ0) is 20.5. The minimum Gasteiger partial charge on any atom is -0.465 e. The Morgan fingerprint density at radius 2 is 1.57 bits per heavy atom. The topological polar surface area (TPSA) is 70.7 Å². The molecule has 2 aromatic carbocycles. The van der Waals surface area contributed by atoms with Crippen molar-refractivity contribution >= 4 is 12.0 Å². The Bertz CT molecular complexity index is 771. The summed E-state index contributed by atoms with van der Waals surface area (Å²) in [5.41, 5.74) is 3.85. The molecule has 0 spiro atoms. The molecule has 1 atom stereocenters. The molecule has 0 aliphatic rings. The molecule has 0 saturated heterocycles. The van der Waals surface area contributed by atoms with Gasteiger partial charge in [0.2, 0.25) is 0 Å². The number of methoxy groups -OCH3 is 1. The third-order valence-electron chi connectivity index (χ3n) is 4.68. The van der Waals surface area contributed by atoms with Crippen molar-refractivity contribution in [3.05, 3.63) is 70.8 Å². The van der Waals surface area contributed by atoms with Crippen molar-refractivity contribution in [2.75, 3.05) is 27.7 Å². The van der Waals surface area contributed by atoms with Gasteiger partial charge in [0.15, 0.2) is 0 Å². The van der Waals surface area contributed by atoms with Crippen molar-refractivity contribution in [1.29, 1.82) is 0 Å². The van der Waals surface area contributed by atoms with Gasteiger partial charge in [-0.2, -0.15) is 0 Å². The maximum atomic E-state index is 12.2. The van der Waals surface area contributed by atoms with Gasteiger partial charge in [-0.3, -0.25) is 0 Å². The number of hydrogen-bond donors (Lipinski definition) is 2. The summed E-state index contributed by atoms with van der Waals surface area (Å²) in [4.78, 5) is 25.7. The minimum absolute atomic E-state index is 0.0935. The number of nitrogens with one attached hydrogen (secondary N) is 2. The van der Waals surface area contributed by atoms with Gasteiger partial charge in [0, 0.05) is 13.1 Å². The third-order valence-corrected chi connectivity index (χ3v) is 4.68. The highest BCUT2D eigenvalue weighted by Crippen LogP contribution is 2.18. The number of carbonyl (C=O) groups is 2. The van der Waals surface area contributed by atoms with Gasteiger partial charge in [-0.25, -0.2) is 9.59 Å². The summed E-state index contributed by atoms with van der Waals surface area (Å²) >= 11 is 0. The van der Waals surface area contributed by atoms with Gasteiger partial charge in [-0.1, -0.05) is 43.3 Å². The number of hydrogen-bond acceptors (Lipinski definition) is 4. The number of aryl methyl sites for hydroxylation is 1. The van der Waals surface area contributed by atoms with Crippen LogP contribution in [0, 0.1) is 0 Å². The van der Waals surface area contributed by atoms with Gasteiger partial charge in [-0.15, -0.1) is 0 Å². The molecule has 2 amide bonds. The Morgan fingerprint density at radius 3 is 2.11 bits per heavy atom.